The van der Waals surface area contributed by atoms with Crippen LogP contribution in [0.2, 0.25) is 0 Å². The Bertz CT molecular complexity index is 558. The van der Waals surface area contributed by atoms with Gasteiger partial charge in [0.05, 0.1) is 11.9 Å². The number of nitrogens with two attached hydrogens (primary N) is 1. The molecule has 0 spiro atoms. The third-order valence-corrected chi connectivity index (χ3v) is 4.20. The molecule has 3 N–H and O–H groups in total. The Balaban J connectivity index is 3.14. The number of nitrogens with zero attached hydrogens (tertiary/aromatic N) is 2. The van der Waals surface area contributed by atoms with Crippen molar-refractivity contribution in [2.45, 2.75) is 39.0 Å². The average Bonchev–Trinajstić information content (AvgIpc) is 2.36. The van der Waals surface area contributed by atoms with Gasteiger partial charge in [0.1, 0.15) is 11.0 Å². The Morgan fingerprint density at radius 2 is 2.05 bits per heavy atom. The van der Waals surface area contributed by atoms with Crippen LogP contribution in [0.4, 0.5) is 18.9 Å². The van der Waals surface area contributed by atoms with Crippen LogP contribution in [0.5, 0.6) is 0 Å². The predicted octanol–water partition coefficient (Wildman–Crippen LogP) is 2.35. The summed E-state index contributed by atoms with van der Waals surface area (Å²) < 4.78 is 37.4. The van der Waals surface area contributed by atoms with Gasteiger partial charge in [-0.3, -0.25) is 4.79 Å². The van der Waals surface area contributed by atoms with Gasteiger partial charge < -0.3 is 11.1 Å². The summed E-state index contributed by atoms with van der Waals surface area (Å²) in [6.07, 6.45) is -3.32. The Hall–Kier alpha value is -1.09. The van der Waals surface area contributed by atoms with Crippen molar-refractivity contribution in [3.63, 3.8) is 0 Å². The predicted molar refractivity (Wildman–Crippen MR) is 78.2 cm³/mol. The summed E-state index contributed by atoms with van der Waals surface area (Å²) in [5.41, 5.74) is 4.69. The SMILES string of the molecule is CC(C)C(C)(CN)Nc1cnn(CC(F)(F)F)c(=O)c1Br. The van der Waals surface area contributed by atoms with Gasteiger partial charge in [0.25, 0.3) is 5.56 Å². The summed E-state index contributed by atoms with van der Waals surface area (Å²) in [6, 6.07) is 0. The highest BCUT2D eigenvalue weighted by molar-refractivity contribution is 9.10. The fourth-order valence-corrected chi connectivity index (χ4v) is 1.98. The number of hydrogen-bond acceptors (Lipinski definition) is 4. The van der Waals surface area contributed by atoms with Crippen LogP contribution in [0.15, 0.2) is 15.5 Å². The van der Waals surface area contributed by atoms with E-state index < -0.39 is 23.8 Å². The molecule has 0 aliphatic rings. The topological polar surface area (TPSA) is 72.9 Å². The Labute approximate surface area is 128 Å². The lowest BCUT2D eigenvalue weighted by Gasteiger charge is -2.34. The maximum Gasteiger partial charge on any atom is 0.408 e. The summed E-state index contributed by atoms with van der Waals surface area (Å²) >= 11 is 3.03. The molecule has 0 aliphatic carbocycles. The van der Waals surface area contributed by atoms with Gasteiger partial charge >= 0.3 is 6.18 Å². The zero-order valence-electron chi connectivity index (χ0n) is 12.0. The fourth-order valence-electron chi connectivity index (χ4n) is 1.57. The maximum absolute atomic E-state index is 12.3. The molecule has 9 heteroatoms. The molecular formula is C12H18BrF3N4O. The van der Waals surface area contributed by atoms with Crippen molar-refractivity contribution in [1.82, 2.24) is 9.78 Å². The van der Waals surface area contributed by atoms with Crippen molar-refractivity contribution in [2.24, 2.45) is 11.7 Å². The summed E-state index contributed by atoms with van der Waals surface area (Å²) in [4.78, 5) is 11.9. The number of aromatic nitrogens is 2. The second-order valence-corrected chi connectivity index (χ2v) is 6.14. The van der Waals surface area contributed by atoms with Crippen LogP contribution in [0, 0.1) is 5.92 Å². The van der Waals surface area contributed by atoms with E-state index in [0.717, 1.165) is 0 Å². The fraction of sp³-hybridized carbons (Fsp3) is 0.667. The van der Waals surface area contributed by atoms with Crippen molar-refractivity contribution in [3.05, 3.63) is 21.0 Å². The van der Waals surface area contributed by atoms with Crippen LogP contribution in [-0.4, -0.2) is 28.0 Å². The molecule has 0 radical (unpaired) electrons. The van der Waals surface area contributed by atoms with E-state index in [1.807, 2.05) is 20.8 Å². The third-order valence-electron chi connectivity index (χ3n) is 3.43. The summed E-state index contributed by atoms with van der Waals surface area (Å²) in [6.45, 7) is 4.63. The van der Waals surface area contributed by atoms with Gasteiger partial charge in [0.15, 0.2) is 0 Å². The molecule has 0 saturated heterocycles. The molecule has 1 aromatic heterocycles. The van der Waals surface area contributed by atoms with Crippen LogP contribution < -0.4 is 16.6 Å². The minimum atomic E-state index is -4.51. The minimum absolute atomic E-state index is 0.00192. The van der Waals surface area contributed by atoms with E-state index in [1.54, 1.807) is 0 Å². The molecule has 0 fully saturated rings. The highest BCUT2D eigenvalue weighted by atomic mass is 79.9. The second-order valence-electron chi connectivity index (χ2n) is 5.35. The lowest BCUT2D eigenvalue weighted by molar-refractivity contribution is -0.143. The van der Waals surface area contributed by atoms with Crippen molar-refractivity contribution in [1.29, 1.82) is 0 Å². The first kappa shape index (κ1) is 18.0. The van der Waals surface area contributed by atoms with E-state index in [9.17, 15) is 18.0 Å². The van der Waals surface area contributed by atoms with E-state index in [-0.39, 0.29) is 10.4 Å². The molecule has 21 heavy (non-hydrogen) atoms. The first-order valence-electron chi connectivity index (χ1n) is 6.31. The van der Waals surface area contributed by atoms with Gasteiger partial charge in [-0.2, -0.15) is 18.3 Å². The van der Waals surface area contributed by atoms with E-state index in [0.29, 0.717) is 16.9 Å². The van der Waals surface area contributed by atoms with E-state index in [2.05, 4.69) is 26.3 Å². The van der Waals surface area contributed by atoms with E-state index in [4.69, 9.17) is 5.73 Å². The largest absolute Gasteiger partial charge is 0.408 e. The molecule has 0 aliphatic heterocycles. The zero-order chi connectivity index (χ0) is 16.4. The molecule has 0 amide bonds. The van der Waals surface area contributed by atoms with Crippen LogP contribution in [0.25, 0.3) is 0 Å². The van der Waals surface area contributed by atoms with Gasteiger partial charge in [0, 0.05) is 12.1 Å². The van der Waals surface area contributed by atoms with Crippen LogP contribution in [0.3, 0.4) is 0 Å². The smallest absolute Gasteiger partial charge is 0.376 e. The normalized spacial score (nSPS) is 15.1. The Morgan fingerprint density at radius 3 is 2.48 bits per heavy atom. The monoisotopic (exact) mass is 370 g/mol. The summed E-state index contributed by atoms with van der Waals surface area (Å²) in [5, 5.41) is 6.63. The van der Waals surface area contributed by atoms with Gasteiger partial charge in [-0.1, -0.05) is 13.8 Å². The van der Waals surface area contributed by atoms with Crippen molar-refractivity contribution >= 4 is 21.6 Å². The molecule has 5 nitrogen and oxygen atoms in total. The van der Waals surface area contributed by atoms with Crippen molar-refractivity contribution in [2.75, 3.05) is 11.9 Å². The molecule has 1 aromatic rings. The molecule has 120 valence electrons. The average molecular weight is 371 g/mol. The first-order chi connectivity index (χ1) is 9.50. The maximum atomic E-state index is 12.3. The number of nitrogens with one attached hydrogen (secondary N) is 1. The number of hydrogen-bond donors (Lipinski definition) is 2. The molecule has 0 saturated carbocycles. The van der Waals surface area contributed by atoms with Gasteiger partial charge in [-0.05, 0) is 28.8 Å². The minimum Gasteiger partial charge on any atom is -0.376 e. The second kappa shape index (κ2) is 6.35. The number of alkyl halides is 3. The molecule has 1 rings (SSSR count). The standard InChI is InChI=1S/C12H18BrF3N4O/c1-7(2)11(3,5-17)19-8-4-18-20(6-12(14,15)16)10(21)9(8)13/h4,7,19H,5-6,17H2,1-3H3. The van der Waals surface area contributed by atoms with Gasteiger partial charge in [0.2, 0.25) is 0 Å². The third kappa shape index (κ3) is 4.44. The number of anilines is 1. The molecule has 0 bridgehead atoms. The lowest BCUT2D eigenvalue weighted by Crippen LogP contribution is -2.47. The van der Waals surface area contributed by atoms with Crippen LogP contribution in [-0.2, 0) is 6.54 Å². The highest BCUT2D eigenvalue weighted by Crippen LogP contribution is 2.25. The van der Waals surface area contributed by atoms with Gasteiger partial charge in [-0.15, -0.1) is 0 Å². The molecular weight excluding hydrogens is 353 g/mol. The molecule has 0 aromatic carbocycles. The Kier molecular flexibility index (Phi) is 5.43. The zero-order valence-corrected chi connectivity index (χ0v) is 13.5. The lowest BCUT2D eigenvalue weighted by atomic mass is 9.88. The Morgan fingerprint density at radius 1 is 1.48 bits per heavy atom. The summed E-state index contributed by atoms with van der Waals surface area (Å²) in [5.74, 6) is 0.145. The quantitative estimate of drug-likeness (QED) is 0.834. The van der Waals surface area contributed by atoms with Crippen LogP contribution in [0.1, 0.15) is 20.8 Å². The molecule has 1 unspecified atom stereocenters. The summed E-state index contributed by atoms with van der Waals surface area (Å²) in [7, 11) is 0. The van der Waals surface area contributed by atoms with Crippen molar-refractivity contribution in [3.8, 4) is 0 Å². The van der Waals surface area contributed by atoms with E-state index in [1.165, 1.54) is 6.20 Å². The van der Waals surface area contributed by atoms with Crippen molar-refractivity contribution < 1.29 is 13.2 Å². The van der Waals surface area contributed by atoms with Crippen LogP contribution >= 0.6 is 15.9 Å². The molecule has 1 atom stereocenters. The van der Waals surface area contributed by atoms with E-state index >= 15 is 0 Å². The molecule has 1 heterocycles. The van der Waals surface area contributed by atoms with Gasteiger partial charge in [-0.25, -0.2) is 4.68 Å². The number of rotatable bonds is 5. The first-order valence-corrected chi connectivity index (χ1v) is 7.10. The number of halogens is 4. The highest BCUT2D eigenvalue weighted by Gasteiger charge is 2.31.